The van der Waals surface area contributed by atoms with Crippen molar-refractivity contribution in [3.05, 3.63) is 0 Å². The Hall–Kier alpha value is 0.440. The number of hydrogen-bond donors (Lipinski definition) is 1. The van der Waals surface area contributed by atoms with Gasteiger partial charge >= 0.3 is 29.6 Å². The molecule has 0 bridgehead atoms. The molecule has 0 amide bonds. The van der Waals surface area contributed by atoms with Gasteiger partial charge in [0.15, 0.2) is 0 Å². The third-order valence-electron chi connectivity index (χ3n) is 3.46. The van der Waals surface area contributed by atoms with Crippen LogP contribution in [0.25, 0.3) is 0 Å². The zero-order valence-electron chi connectivity index (χ0n) is 12.1. The molecule has 1 saturated carbocycles. The van der Waals surface area contributed by atoms with Gasteiger partial charge in [-0.15, -0.1) is 6.42 Å². The molecule has 1 aliphatic carbocycles. The van der Waals surface area contributed by atoms with E-state index in [0.717, 1.165) is 19.4 Å². The Kier molecular flexibility index (Phi) is 5.98. The average Bonchev–Trinajstić information content (AvgIpc) is 2.58. The van der Waals surface area contributed by atoms with Gasteiger partial charge < -0.3 is 10.9 Å². The first-order chi connectivity index (χ1) is 7.68. The maximum Gasteiger partial charge on any atom is 1.00 e. The van der Waals surface area contributed by atoms with Gasteiger partial charge in [-0.3, -0.25) is 5.32 Å². The molecule has 4 heteroatoms. The summed E-state index contributed by atoms with van der Waals surface area (Å²) in [6, 6.07) is 0. The molecule has 0 aromatic rings. The van der Waals surface area contributed by atoms with Crippen LogP contribution in [0.4, 0.5) is 0 Å². The zero-order chi connectivity index (χ0) is 11.5. The monoisotopic (exact) mass is 247 g/mol. The standard InChI is InChI=1S/C13H21NO2.Na.H/c1-3-9-15-10-12(2)11-16-13(14-12)7-5-4-6-8-13;;/h1,14H,4-11H2,2H3;;/q;+1;-1. The molecule has 0 aromatic heterocycles. The maximum atomic E-state index is 5.98. The van der Waals surface area contributed by atoms with E-state index in [1.807, 2.05) is 0 Å². The van der Waals surface area contributed by atoms with Gasteiger partial charge in [0, 0.05) is 0 Å². The van der Waals surface area contributed by atoms with Crippen LogP contribution in [0.5, 0.6) is 0 Å². The van der Waals surface area contributed by atoms with E-state index in [9.17, 15) is 0 Å². The van der Waals surface area contributed by atoms with Crippen molar-refractivity contribution in [1.29, 1.82) is 0 Å². The first-order valence-corrected chi connectivity index (χ1v) is 6.13. The van der Waals surface area contributed by atoms with Crippen LogP contribution >= 0.6 is 0 Å². The van der Waals surface area contributed by atoms with E-state index in [0.29, 0.717) is 13.2 Å². The summed E-state index contributed by atoms with van der Waals surface area (Å²) in [5.41, 5.74) is -0.152. The summed E-state index contributed by atoms with van der Waals surface area (Å²) in [5, 5.41) is 3.63. The minimum absolute atomic E-state index is 0. The van der Waals surface area contributed by atoms with Crippen LogP contribution in [0.3, 0.4) is 0 Å². The Balaban J connectivity index is 0.00000144. The third kappa shape index (κ3) is 3.96. The first kappa shape index (κ1) is 15.5. The van der Waals surface area contributed by atoms with Crippen LogP contribution in [0, 0.1) is 12.3 Å². The predicted octanol–water partition coefficient (Wildman–Crippen LogP) is -1.21. The van der Waals surface area contributed by atoms with Crippen molar-refractivity contribution in [3.63, 3.8) is 0 Å². The van der Waals surface area contributed by atoms with Gasteiger partial charge in [-0.05, 0) is 32.6 Å². The Bertz CT molecular complexity index is 289. The molecular weight excluding hydrogens is 225 g/mol. The van der Waals surface area contributed by atoms with Crippen LogP contribution in [0.15, 0.2) is 0 Å². The summed E-state index contributed by atoms with van der Waals surface area (Å²) < 4.78 is 11.4. The molecule has 1 atom stereocenters. The second-order valence-electron chi connectivity index (χ2n) is 5.23. The molecule has 2 rings (SSSR count). The van der Waals surface area contributed by atoms with Gasteiger partial charge in [0.25, 0.3) is 0 Å². The van der Waals surface area contributed by atoms with E-state index < -0.39 is 0 Å². The minimum atomic E-state index is -0.0769. The molecule has 3 nitrogen and oxygen atoms in total. The Labute approximate surface area is 128 Å². The van der Waals surface area contributed by atoms with Gasteiger partial charge in [-0.25, -0.2) is 0 Å². The van der Waals surface area contributed by atoms with Crippen molar-refractivity contribution in [1.82, 2.24) is 5.32 Å². The van der Waals surface area contributed by atoms with Gasteiger partial charge in [0.1, 0.15) is 12.3 Å². The number of hydrogen-bond acceptors (Lipinski definition) is 3. The topological polar surface area (TPSA) is 30.5 Å². The normalized spacial score (nSPS) is 30.8. The van der Waals surface area contributed by atoms with Crippen LogP contribution in [0.1, 0.15) is 40.5 Å². The Morgan fingerprint density at radius 3 is 2.76 bits per heavy atom. The third-order valence-corrected chi connectivity index (χ3v) is 3.46. The molecule has 0 aromatic carbocycles. The Morgan fingerprint density at radius 2 is 2.12 bits per heavy atom. The Morgan fingerprint density at radius 1 is 1.41 bits per heavy atom. The molecule has 17 heavy (non-hydrogen) atoms. The van der Waals surface area contributed by atoms with Gasteiger partial charge in [0.05, 0.1) is 18.8 Å². The summed E-state index contributed by atoms with van der Waals surface area (Å²) in [4.78, 5) is 0. The van der Waals surface area contributed by atoms with E-state index in [4.69, 9.17) is 15.9 Å². The minimum Gasteiger partial charge on any atom is -1.00 e. The number of terminal acetylenes is 1. The van der Waals surface area contributed by atoms with Crippen molar-refractivity contribution in [2.75, 3.05) is 19.8 Å². The molecule has 92 valence electrons. The molecular formula is C13H22NNaO2. The van der Waals surface area contributed by atoms with Gasteiger partial charge in [-0.2, -0.15) is 0 Å². The SMILES string of the molecule is C#CCOCC1(C)COC2(CCCCC2)N1.[H-].[Na+]. The molecule has 2 aliphatic rings. The van der Waals surface area contributed by atoms with Crippen molar-refractivity contribution in [3.8, 4) is 12.3 Å². The molecule has 2 fully saturated rings. The van der Waals surface area contributed by atoms with Crippen LogP contribution in [0.2, 0.25) is 0 Å². The van der Waals surface area contributed by atoms with Crippen LogP contribution < -0.4 is 34.9 Å². The summed E-state index contributed by atoms with van der Waals surface area (Å²) in [6.07, 6.45) is 11.3. The zero-order valence-corrected chi connectivity index (χ0v) is 13.1. The summed E-state index contributed by atoms with van der Waals surface area (Å²) in [5.74, 6) is 2.49. The fourth-order valence-corrected chi connectivity index (χ4v) is 2.72. The molecule has 1 heterocycles. The van der Waals surface area contributed by atoms with Crippen molar-refractivity contribution < 1.29 is 40.5 Å². The predicted molar refractivity (Wildman–Crippen MR) is 64.1 cm³/mol. The second kappa shape index (κ2) is 6.56. The molecule has 0 radical (unpaired) electrons. The fraction of sp³-hybridized carbons (Fsp3) is 0.846. The van der Waals surface area contributed by atoms with E-state index in [1.165, 1.54) is 19.3 Å². The second-order valence-corrected chi connectivity index (χ2v) is 5.23. The average molecular weight is 247 g/mol. The van der Waals surface area contributed by atoms with E-state index in [-0.39, 0.29) is 42.2 Å². The number of ether oxygens (including phenoxy) is 2. The smallest absolute Gasteiger partial charge is 1.00 e. The van der Waals surface area contributed by atoms with Gasteiger partial charge in [0.2, 0.25) is 0 Å². The summed E-state index contributed by atoms with van der Waals surface area (Å²) >= 11 is 0. The number of rotatable bonds is 3. The van der Waals surface area contributed by atoms with E-state index in [2.05, 4.69) is 18.2 Å². The molecule has 1 saturated heterocycles. The van der Waals surface area contributed by atoms with E-state index in [1.54, 1.807) is 0 Å². The van der Waals surface area contributed by atoms with Crippen molar-refractivity contribution >= 4 is 0 Å². The molecule has 1 spiro atoms. The van der Waals surface area contributed by atoms with E-state index >= 15 is 0 Å². The summed E-state index contributed by atoms with van der Waals surface area (Å²) in [7, 11) is 0. The molecule has 1 aliphatic heterocycles. The van der Waals surface area contributed by atoms with Crippen LogP contribution in [-0.2, 0) is 9.47 Å². The number of nitrogens with one attached hydrogen (secondary N) is 1. The summed E-state index contributed by atoms with van der Waals surface area (Å²) in [6.45, 7) is 3.87. The first-order valence-electron chi connectivity index (χ1n) is 6.13. The van der Waals surface area contributed by atoms with Crippen molar-refractivity contribution in [2.24, 2.45) is 0 Å². The largest absolute Gasteiger partial charge is 1.00 e. The fourth-order valence-electron chi connectivity index (χ4n) is 2.72. The van der Waals surface area contributed by atoms with Gasteiger partial charge in [-0.1, -0.05) is 12.3 Å². The van der Waals surface area contributed by atoms with Crippen molar-refractivity contribution in [2.45, 2.75) is 50.3 Å². The molecule has 1 unspecified atom stereocenters. The maximum absolute atomic E-state index is 5.98. The quantitative estimate of drug-likeness (QED) is 0.386. The van der Waals surface area contributed by atoms with Crippen LogP contribution in [-0.4, -0.2) is 31.1 Å². The molecule has 1 N–H and O–H groups in total.